The predicted molar refractivity (Wildman–Crippen MR) is 112 cm³/mol. The Balaban J connectivity index is 1.77. The zero-order valence-corrected chi connectivity index (χ0v) is 15.2. The molecule has 0 N–H and O–H groups in total. The van der Waals surface area contributed by atoms with E-state index in [-0.39, 0.29) is 0 Å². The van der Waals surface area contributed by atoms with Gasteiger partial charge in [0.25, 0.3) is 0 Å². The van der Waals surface area contributed by atoms with Crippen molar-refractivity contribution in [3.8, 4) is 22.3 Å². The highest BCUT2D eigenvalue weighted by Crippen LogP contribution is 2.28. The van der Waals surface area contributed by atoms with Crippen LogP contribution in [0.1, 0.15) is 20.7 Å². The van der Waals surface area contributed by atoms with Gasteiger partial charge in [-0.3, -0.25) is 9.59 Å². The summed E-state index contributed by atoms with van der Waals surface area (Å²) < 4.78 is 0. The summed E-state index contributed by atoms with van der Waals surface area (Å²) in [5.74, 6) is -0.995. The van der Waals surface area contributed by atoms with E-state index < -0.39 is 11.6 Å². The Bertz CT molecular complexity index is 1040. The first-order chi connectivity index (χ1) is 13.8. The lowest BCUT2D eigenvalue weighted by Crippen LogP contribution is -2.16. The summed E-state index contributed by atoms with van der Waals surface area (Å²) in [6.07, 6.45) is 0. The molecular weight excluding hydrogens is 344 g/mol. The van der Waals surface area contributed by atoms with Crippen molar-refractivity contribution in [1.29, 1.82) is 0 Å². The van der Waals surface area contributed by atoms with Crippen molar-refractivity contribution in [1.82, 2.24) is 0 Å². The third-order valence-corrected chi connectivity index (χ3v) is 4.72. The van der Waals surface area contributed by atoms with Gasteiger partial charge in [-0.1, -0.05) is 109 Å². The minimum atomic E-state index is -0.497. The van der Waals surface area contributed by atoms with Crippen LogP contribution >= 0.6 is 0 Å². The van der Waals surface area contributed by atoms with E-state index in [1.807, 2.05) is 84.9 Å². The van der Waals surface area contributed by atoms with Gasteiger partial charge < -0.3 is 0 Å². The zero-order valence-electron chi connectivity index (χ0n) is 15.2. The molecule has 0 aliphatic rings. The maximum atomic E-state index is 13.2. The first kappa shape index (κ1) is 17.6. The van der Waals surface area contributed by atoms with Crippen molar-refractivity contribution >= 4 is 11.6 Å². The van der Waals surface area contributed by atoms with E-state index in [9.17, 15) is 9.59 Å². The first-order valence-corrected chi connectivity index (χ1v) is 9.13. The first-order valence-electron chi connectivity index (χ1n) is 9.13. The Kier molecular flexibility index (Phi) is 4.94. The molecule has 0 aromatic heterocycles. The van der Waals surface area contributed by atoms with Gasteiger partial charge in [0.2, 0.25) is 11.6 Å². The Morgan fingerprint density at radius 3 is 1.11 bits per heavy atom. The lowest BCUT2D eigenvalue weighted by molar-refractivity contribution is 0.0817. The van der Waals surface area contributed by atoms with Crippen molar-refractivity contribution in [2.75, 3.05) is 0 Å². The van der Waals surface area contributed by atoms with Crippen molar-refractivity contribution in [2.45, 2.75) is 0 Å². The highest BCUT2D eigenvalue weighted by Gasteiger charge is 2.23. The molecular formula is C26H18O2. The van der Waals surface area contributed by atoms with E-state index in [4.69, 9.17) is 0 Å². The van der Waals surface area contributed by atoms with Crippen LogP contribution in [-0.2, 0) is 0 Å². The topological polar surface area (TPSA) is 34.1 Å². The smallest absolute Gasteiger partial charge is 0.234 e. The maximum absolute atomic E-state index is 13.2. The van der Waals surface area contributed by atoms with Crippen molar-refractivity contribution < 1.29 is 9.59 Å². The largest absolute Gasteiger partial charge is 0.285 e. The summed E-state index contributed by atoms with van der Waals surface area (Å²) in [5, 5.41) is 0. The molecule has 134 valence electrons. The quantitative estimate of drug-likeness (QED) is 0.318. The summed E-state index contributed by atoms with van der Waals surface area (Å²) in [4.78, 5) is 26.3. The van der Waals surface area contributed by atoms with Gasteiger partial charge in [0, 0.05) is 11.1 Å². The average molecular weight is 362 g/mol. The van der Waals surface area contributed by atoms with Gasteiger partial charge in [-0.2, -0.15) is 0 Å². The van der Waals surface area contributed by atoms with Gasteiger partial charge in [-0.25, -0.2) is 0 Å². The number of Topliss-reactive ketones (excluding diaryl/α,β-unsaturated/α-hetero) is 2. The van der Waals surface area contributed by atoms with Crippen molar-refractivity contribution in [3.63, 3.8) is 0 Å². The molecule has 0 unspecified atom stereocenters. The average Bonchev–Trinajstić information content (AvgIpc) is 2.79. The molecule has 2 heteroatoms. The van der Waals surface area contributed by atoms with Crippen LogP contribution in [0.4, 0.5) is 0 Å². The Morgan fingerprint density at radius 2 is 0.714 bits per heavy atom. The summed E-state index contributed by atoms with van der Waals surface area (Å²) in [6, 6.07) is 33.8. The van der Waals surface area contributed by atoms with Crippen molar-refractivity contribution in [3.05, 3.63) is 120 Å². The molecule has 0 aliphatic carbocycles. The molecule has 0 aliphatic heterocycles. The second kappa shape index (κ2) is 7.85. The minimum absolute atomic E-state index is 0.418. The van der Waals surface area contributed by atoms with Gasteiger partial charge in [0.05, 0.1) is 0 Å². The third-order valence-electron chi connectivity index (χ3n) is 4.72. The molecule has 2 nitrogen and oxygen atoms in total. The number of carbonyl (C=O) groups excluding carboxylic acids is 2. The van der Waals surface area contributed by atoms with Gasteiger partial charge >= 0.3 is 0 Å². The number of ketones is 2. The molecule has 0 amide bonds. The monoisotopic (exact) mass is 362 g/mol. The standard InChI is InChI=1S/C26H18O2/c27-25(23-17-9-7-15-21(23)19-11-3-1-4-12-19)26(28)24-18-10-8-16-22(24)20-13-5-2-6-14-20/h1-18H. The molecule has 4 aromatic carbocycles. The third kappa shape index (κ3) is 3.40. The predicted octanol–water partition coefficient (Wildman–Crippen LogP) is 6.09. The number of hydrogen-bond acceptors (Lipinski definition) is 2. The maximum Gasteiger partial charge on any atom is 0.234 e. The lowest BCUT2D eigenvalue weighted by Gasteiger charge is -2.11. The molecule has 0 spiro atoms. The molecule has 0 fully saturated rings. The van der Waals surface area contributed by atoms with Crippen LogP contribution in [-0.4, -0.2) is 11.6 Å². The fourth-order valence-corrected chi connectivity index (χ4v) is 3.35. The summed E-state index contributed by atoms with van der Waals surface area (Å²) >= 11 is 0. The highest BCUT2D eigenvalue weighted by molar-refractivity contribution is 6.51. The second-order valence-electron chi connectivity index (χ2n) is 6.48. The van der Waals surface area contributed by atoms with E-state index in [1.54, 1.807) is 24.3 Å². The fraction of sp³-hybridized carbons (Fsp3) is 0. The minimum Gasteiger partial charge on any atom is -0.285 e. The molecule has 0 saturated carbocycles. The van der Waals surface area contributed by atoms with Crippen LogP contribution < -0.4 is 0 Å². The Hall–Kier alpha value is -3.78. The van der Waals surface area contributed by atoms with Crippen LogP contribution in [0.2, 0.25) is 0 Å². The molecule has 28 heavy (non-hydrogen) atoms. The van der Waals surface area contributed by atoms with Crippen LogP contribution in [0.25, 0.3) is 22.3 Å². The molecule has 0 heterocycles. The highest BCUT2D eigenvalue weighted by atomic mass is 16.2. The van der Waals surface area contributed by atoms with Gasteiger partial charge in [-0.15, -0.1) is 0 Å². The van der Waals surface area contributed by atoms with Gasteiger partial charge in [-0.05, 0) is 22.3 Å². The van der Waals surface area contributed by atoms with E-state index in [0.717, 1.165) is 22.3 Å². The fourth-order valence-electron chi connectivity index (χ4n) is 3.35. The number of benzene rings is 4. The number of hydrogen-bond donors (Lipinski definition) is 0. The molecule has 0 saturated heterocycles. The molecule has 0 bridgehead atoms. The normalized spacial score (nSPS) is 10.4. The summed E-state index contributed by atoms with van der Waals surface area (Å²) in [5.41, 5.74) is 4.19. The van der Waals surface area contributed by atoms with Crippen LogP contribution in [0.5, 0.6) is 0 Å². The van der Waals surface area contributed by atoms with Crippen LogP contribution in [0.15, 0.2) is 109 Å². The molecule has 0 atom stereocenters. The molecule has 0 radical (unpaired) electrons. The SMILES string of the molecule is O=C(C(=O)c1ccccc1-c1ccccc1)c1ccccc1-c1ccccc1. The number of carbonyl (C=O) groups is 2. The van der Waals surface area contributed by atoms with Crippen LogP contribution in [0.3, 0.4) is 0 Å². The van der Waals surface area contributed by atoms with Crippen molar-refractivity contribution in [2.24, 2.45) is 0 Å². The zero-order chi connectivity index (χ0) is 19.3. The second-order valence-corrected chi connectivity index (χ2v) is 6.48. The number of rotatable bonds is 5. The van der Waals surface area contributed by atoms with E-state index in [1.165, 1.54) is 0 Å². The summed E-state index contributed by atoms with van der Waals surface area (Å²) in [7, 11) is 0. The molecule has 4 rings (SSSR count). The van der Waals surface area contributed by atoms with Gasteiger partial charge in [0.15, 0.2) is 0 Å². The van der Waals surface area contributed by atoms with Gasteiger partial charge in [0.1, 0.15) is 0 Å². The lowest BCUT2D eigenvalue weighted by atomic mass is 9.90. The van der Waals surface area contributed by atoms with Crippen LogP contribution in [0, 0.1) is 0 Å². The van der Waals surface area contributed by atoms with E-state index in [2.05, 4.69) is 0 Å². The Morgan fingerprint density at radius 1 is 0.393 bits per heavy atom. The van der Waals surface area contributed by atoms with E-state index in [0.29, 0.717) is 11.1 Å². The van der Waals surface area contributed by atoms with E-state index >= 15 is 0 Å². The summed E-state index contributed by atoms with van der Waals surface area (Å²) in [6.45, 7) is 0. The Labute approximate surface area is 164 Å². The molecule has 4 aromatic rings.